The van der Waals surface area contributed by atoms with Crippen molar-refractivity contribution in [1.82, 2.24) is 49.8 Å². The summed E-state index contributed by atoms with van der Waals surface area (Å²) in [5.41, 5.74) is 1.02. The van der Waals surface area contributed by atoms with E-state index in [9.17, 15) is 0 Å². The highest BCUT2D eigenvalue weighted by Gasteiger charge is 2.03. The number of nitrogens with one attached hydrogen (secondary N) is 4. The van der Waals surface area contributed by atoms with E-state index >= 15 is 0 Å². The fraction of sp³-hybridized carbons (Fsp3) is 0. The number of hydrogen-bond acceptors (Lipinski definition) is 11. The summed E-state index contributed by atoms with van der Waals surface area (Å²) in [5.74, 6) is 3.49. The summed E-state index contributed by atoms with van der Waals surface area (Å²) in [5, 5.41) is 5.58. The third-order valence-electron chi connectivity index (χ3n) is 5.19. The van der Waals surface area contributed by atoms with Crippen LogP contribution < -0.4 is 0 Å². The molecule has 9 aromatic heterocycles. The molecule has 0 bridgehead atoms. The van der Waals surface area contributed by atoms with Crippen LogP contribution in [0.25, 0.3) is 44.9 Å². The van der Waals surface area contributed by atoms with E-state index in [2.05, 4.69) is 49.8 Å². The van der Waals surface area contributed by atoms with Crippen LogP contribution >= 0.6 is 22.7 Å². The molecule has 0 aliphatic rings. The van der Waals surface area contributed by atoms with E-state index in [1.54, 1.807) is 79.3 Å². The topological polar surface area (TPSA) is 180 Å². The van der Waals surface area contributed by atoms with Crippen LogP contribution in [0.4, 0.5) is 0 Å². The second-order valence-corrected chi connectivity index (χ2v) is 9.96. The van der Waals surface area contributed by atoms with Gasteiger partial charge >= 0.3 is 0 Å². The molecule has 9 rings (SSSR count). The quantitative estimate of drug-likeness (QED) is 0.150. The summed E-state index contributed by atoms with van der Waals surface area (Å²) in [6.07, 6.45) is 24.0. The molecule has 9 heterocycles. The Balaban J connectivity index is 0.000000113. The van der Waals surface area contributed by atoms with E-state index in [4.69, 9.17) is 13.3 Å². The van der Waals surface area contributed by atoms with Gasteiger partial charge in [-0.15, -0.1) is 22.7 Å². The predicted octanol–water partition coefficient (Wildman–Crippen LogP) is 7.69. The van der Waals surface area contributed by atoms with E-state index in [0.29, 0.717) is 17.5 Å². The van der Waals surface area contributed by atoms with Crippen LogP contribution in [0.3, 0.4) is 0 Å². The van der Waals surface area contributed by atoms with Gasteiger partial charge in [-0.25, -0.2) is 29.9 Å². The molecule has 4 N–H and O–H groups in total. The lowest BCUT2D eigenvalue weighted by Crippen LogP contribution is -1.77. The van der Waals surface area contributed by atoms with Crippen LogP contribution in [0.1, 0.15) is 0 Å². The number of hydrogen-bond donors (Lipinski definition) is 4. The molecule has 15 heteroatoms. The molecule has 0 radical (unpaired) electrons. The Morgan fingerprint density at radius 1 is 0.489 bits per heavy atom. The van der Waals surface area contributed by atoms with Crippen molar-refractivity contribution >= 4 is 22.7 Å². The zero-order valence-corrected chi connectivity index (χ0v) is 25.1. The number of aromatic nitrogens is 10. The maximum absolute atomic E-state index is 5.02. The Hall–Kier alpha value is -6.06. The van der Waals surface area contributed by atoms with Gasteiger partial charge in [-0.05, 0) is 36.4 Å². The molecule has 0 aliphatic carbocycles. The molecule has 45 heavy (non-hydrogen) atoms. The summed E-state index contributed by atoms with van der Waals surface area (Å²) in [6.45, 7) is 0. The summed E-state index contributed by atoms with van der Waals surface area (Å²) in [7, 11) is 0. The number of furan rings is 1. The maximum Gasteiger partial charge on any atom is 0.262 e. The summed E-state index contributed by atoms with van der Waals surface area (Å²) in [6, 6.07) is 11.4. The van der Waals surface area contributed by atoms with Gasteiger partial charge in [0, 0.05) is 66.5 Å². The Morgan fingerprint density at radius 3 is 1.67 bits per heavy atom. The van der Waals surface area contributed by atoms with Gasteiger partial charge in [0.15, 0.2) is 27.4 Å². The third-order valence-corrected chi connectivity index (χ3v) is 6.73. The molecular weight excluding hydrogens is 613 g/mol. The van der Waals surface area contributed by atoms with E-state index in [1.807, 2.05) is 53.6 Å². The first-order chi connectivity index (χ1) is 22.4. The minimum atomic E-state index is 0.519. The molecule has 0 amide bonds. The second-order valence-electron chi connectivity index (χ2n) is 8.17. The predicted molar refractivity (Wildman–Crippen MR) is 171 cm³/mol. The molecule has 0 saturated heterocycles. The van der Waals surface area contributed by atoms with Gasteiger partial charge in [0.05, 0.1) is 24.4 Å². The molecule has 0 spiro atoms. The molecule has 0 aliphatic heterocycles. The average molecular weight is 639 g/mol. The number of imidazole rings is 2. The van der Waals surface area contributed by atoms with E-state index in [0.717, 1.165) is 27.4 Å². The smallest absolute Gasteiger partial charge is 0.262 e. The highest BCUT2D eigenvalue weighted by atomic mass is 32.1. The van der Waals surface area contributed by atoms with Crippen LogP contribution in [0, 0.1) is 0 Å². The van der Waals surface area contributed by atoms with Crippen LogP contribution in [0.2, 0.25) is 0 Å². The van der Waals surface area contributed by atoms with Crippen molar-refractivity contribution in [2.24, 2.45) is 0 Å². The van der Waals surface area contributed by atoms with Gasteiger partial charge in [0.2, 0.25) is 0 Å². The number of nitrogens with zero attached hydrogens (tertiary/aromatic N) is 6. The van der Waals surface area contributed by atoms with Crippen LogP contribution in [-0.4, -0.2) is 49.8 Å². The molecule has 0 saturated carbocycles. The van der Waals surface area contributed by atoms with Crippen LogP contribution in [0.5, 0.6) is 0 Å². The Morgan fingerprint density at radius 2 is 1.18 bits per heavy atom. The first kappa shape index (κ1) is 30.4. The minimum absolute atomic E-state index is 0.519. The number of thiazole rings is 2. The molecule has 0 aromatic carbocycles. The lowest BCUT2D eigenvalue weighted by atomic mass is 10.4. The van der Waals surface area contributed by atoms with Gasteiger partial charge in [-0.1, -0.05) is 0 Å². The van der Waals surface area contributed by atoms with Crippen molar-refractivity contribution in [1.29, 1.82) is 0 Å². The Kier molecular flexibility index (Phi) is 11.6. The van der Waals surface area contributed by atoms with Gasteiger partial charge in [-0.3, -0.25) is 0 Å². The Bertz CT molecular complexity index is 1460. The zero-order chi connectivity index (χ0) is 30.8. The average Bonchev–Trinajstić information content (AvgIpc) is 3.97. The van der Waals surface area contributed by atoms with Crippen LogP contribution in [-0.2, 0) is 0 Å². The molecule has 0 atom stereocenters. The summed E-state index contributed by atoms with van der Waals surface area (Å²) in [4.78, 5) is 35.9. The fourth-order valence-electron chi connectivity index (χ4n) is 3.29. The van der Waals surface area contributed by atoms with E-state index < -0.39 is 0 Å². The largest absolute Gasteiger partial charge is 0.459 e. The van der Waals surface area contributed by atoms with Crippen molar-refractivity contribution in [2.45, 2.75) is 0 Å². The second kappa shape index (κ2) is 17.2. The highest BCUT2D eigenvalue weighted by molar-refractivity contribution is 7.13. The monoisotopic (exact) mass is 638 g/mol. The van der Waals surface area contributed by atoms with Gasteiger partial charge in [0.1, 0.15) is 12.5 Å². The van der Waals surface area contributed by atoms with Crippen molar-refractivity contribution in [2.75, 3.05) is 0 Å². The molecule has 0 unspecified atom stereocenters. The van der Waals surface area contributed by atoms with Crippen molar-refractivity contribution < 1.29 is 13.3 Å². The van der Waals surface area contributed by atoms with Crippen molar-refractivity contribution in [3.8, 4) is 44.9 Å². The number of aromatic amines is 4. The highest BCUT2D eigenvalue weighted by Crippen LogP contribution is 2.19. The first-order valence-corrected chi connectivity index (χ1v) is 15.0. The van der Waals surface area contributed by atoms with Crippen LogP contribution in [0.15, 0.2) is 147 Å². The lowest BCUT2D eigenvalue weighted by molar-refractivity contribution is 0.517. The van der Waals surface area contributed by atoms with E-state index in [1.165, 1.54) is 23.9 Å². The summed E-state index contributed by atoms with van der Waals surface area (Å²) >= 11 is 3.09. The van der Waals surface area contributed by atoms with Crippen molar-refractivity contribution in [3.05, 3.63) is 134 Å². The molecule has 13 nitrogen and oxygen atoms in total. The fourth-order valence-corrected chi connectivity index (χ4v) is 4.46. The molecular formula is C30H26N10O3S2. The normalized spacial score (nSPS) is 9.78. The van der Waals surface area contributed by atoms with E-state index in [-0.39, 0.29) is 0 Å². The first-order valence-electron chi connectivity index (χ1n) is 13.2. The number of rotatable bonds is 4. The van der Waals surface area contributed by atoms with Crippen molar-refractivity contribution in [3.63, 3.8) is 0 Å². The zero-order valence-electron chi connectivity index (χ0n) is 23.4. The Labute approximate surface area is 264 Å². The molecule has 226 valence electrons. The number of H-pyrrole nitrogens is 4. The number of oxazole rings is 2. The standard InChI is InChI=1S/C7H7N3.C7H5NO2.C6H5N3S.C6H4N2OS.C4H5N/c1-2-6(8-3-1)7-9-4-5-10-7;1-2-6(9-4-1)7-8-3-5-10-7;1-2-8-5(7-1)6-9-3-4-10-6;1-3-9-5(7-1)6-8-2-4-10-6;1-2-4-5-3-1/h1-5,8H,(H,9,10);1-5H;1-4H,(H,7,8);1-4H;1-5H. The van der Waals surface area contributed by atoms with Gasteiger partial charge in [-0.2, -0.15) is 0 Å². The minimum Gasteiger partial charge on any atom is -0.459 e. The lowest BCUT2D eigenvalue weighted by Gasteiger charge is -1.86. The molecule has 9 aromatic rings. The SMILES string of the molecule is c1c[nH]c(-c2ncc[nH]2)c1.c1c[nH]c(-c2nccs2)n1.c1cc[nH]c1.c1coc(-c2ncco2)c1.c1coc(-c2nccs2)n1. The molecule has 0 fully saturated rings. The third kappa shape index (κ3) is 9.74. The van der Waals surface area contributed by atoms with Gasteiger partial charge in [0.25, 0.3) is 11.8 Å². The maximum atomic E-state index is 5.02. The van der Waals surface area contributed by atoms with Gasteiger partial charge < -0.3 is 33.2 Å². The summed E-state index contributed by atoms with van der Waals surface area (Å²) < 4.78 is 15.0.